The van der Waals surface area contributed by atoms with E-state index in [9.17, 15) is 4.79 Å². The largest absolute Gasteiger partial charge is 0.343 e. The molecule has 0 aromatic heterocycles. The van der Waals surface area contributed by atoms with Crippen molar-refractivity contribution in [3.8, 4) is 0 Å². The minimum atomic E-state index is 0.296. The number of nitrogens with one attached hydrogen (secondary N) is 1. The molecule has 3 heteroatoms. The fourth-order valence-corrected chi connectivity index (χ4v) is 2.67. The Labute approximate surface area is 122 Å². The summed E-state index contributed by atoms with van der Waals surface area (Å²) in [5.41, 5.74) is 1.27. The third kappa shape index (κ3) is 4.34. The molecule has 1 heterocycles. The van der Waals surface area contributed by atoms with E-state index >= 15 is 0 Å². The molecule has 0 aliphatic carbocycles. The molecule has 20 heavy (non-hydrogen) atoms. The summed E-state index contributed by atoms with van der Waals surface area (Å²) in [6, 6.07) is 10.7. The Kier molecular flexibility index (Phi) is 5.60. The first-order valence-electron chi connectivity index (χ1n) is 7.73. The number of carbonyl (C=O) groups excluding carboxylic acids is 1. The van der Waals surface area contributed by atoms with Gasteiger partial charge in [0.2, 0.25) is 5.91 Å². The molecular formula is C17H26N2O. The molecule has 1 atom stereocenters. The minimum absolute atomic E-state index is 0.296. The second kappa shape index (κ2) is 7.44. The van der Waals surface area contributed by atoms with Crippen LogP contribution in [0.15, 0.2) is 30.3 Å². The Morgan fingerprint density at radius 1 is 1.30 bits per heavy atom. The van der Waals surface area contributed by atoms with Crippen LogP contribution in [-0.4, -0.2) is 30.4 Å². The number of hydrogen-bond donors (Lipinski definition) is 1. The molecule has 1 aliphatic heterocycles. The molecule has 1 aliphatic rings. The molecule has 3 nitrogen and oxygen atoms in total. The van der Waals surface area contributed by atoms with Gasteiger partial charge in [0, 0.05) is 32.1 Å². The first kappa shape index (κ1) is 15.0. The minimum Gasteiger partial charge on any atom is -0.343 e. The van der Waals surface area contributed by atoms with Gasteiger partial charge >= 0.3 is 0 Å². The number of amides is 1. The van der Waals surface area contributed by atoms with Gasteiger partial charge in [0.15, 0.2) is 0 Å². The summed E-state index contributed by atoms with van der Waals surface area (Å²) in [6.07, 6.45) is 2.91. The van der Waals surface area contributed by atoms with E-state index in [1.54, 1.807) is 0 Å². The van der Waals surface area contributed by atoms with Gasteiger partial charge in [0.05, 0.1) is 0 Å². The summed E-state index contributed by atoms with van der Waals surface area (Å²) in [5, 5.41) is 3.43. The fourth-order valence-electron chi connectivity index (χ4n) is 2.67. The average molecular weight is 274 g/mol. The van der Waals surface area contributed by atoms with Gasteiger partial charge in [0.25, 0.3) is 0 Å². The Hall–Kier alpha value is -1.35. The average Bonchev–Trinajstić information content (AvgIpc) is 2.48. The molecule has 1 N–H and O–H groups in total. The zero-order valence-corrected chi connectivity index (χ0v) is 12.6. The number of benzene rings is 1. The highest BCUT2D eigenvalue weighted by Crippen LogP contribution is 2.16. The second-order valence-corrected chi connectivity index (χ2v) is 5.90. The van der Waals surface area contributed by atoms with Gasteiger partial charge in [-0.2, -0.15) is 0 Å². The number of likely N-dealkylation sites (tertiary alicyclic amines) is 1. The monoisotopic (exact) mass is 274 g/mol. The van der Waals surface area contributed by atoms with Crippen molar-refractivity contribution in [3.63, 3.8) is 0 Å². The lowest BCUT2D eigenvalue weighted by atomic mass is 9.99. The maximum atomic E-state index is 12.1. The SMILES string of the molecule is CC1CCN(C(=O)CCNC(C)c2ccccc2)CC1. The lowest BCUT2D eigenvalue weighted by Crippen LogP contribution is -2.39. The van der Waals surface area contributed by atoms with E-state index in [1.165, 1.54) is 5.56 Å². The molecule has 1 aromatic carbocycles. The molecule has 0 bridgehead atoms. The molecule has 110 valence electrons. The van der Waals surface area contributed by atoms with Crippen LogP contribution in [0.2, 0.25) is 0 Å². The molecule has 0 saturated carbocycles. The Bertz CT molecular complexity index is 410. The van der Waals surface area contributed by atoms with Gasteiger partial charge in [-0.15, -0.1) is 0 Å². The van der Waals surface area contributed by atoms with Crippen LogP contribution in [0.4, 0.5) is 0 Å². The van der Waals surface area contributed by atoms with Crippen LogP contribution in [0.25, 0.3) is 0 Å². The molecule has 0 radical (unpaired) electrons. The van der Waals surface area contributed by atoms with Crippen LogP contribution in [0.3, 0.4) is 0 Å². The van der Waals surface area contributed by atoms with Gasteiger partial charge in [0.1, 0.15) is 0 Å². The predicted molar refractivity (Wildman–Crippen MR) is 82.5 cm³/mol. The van der Waals surface area contributed by atoms with Crippen molar-refractivity contribution in [2.75, 3.05) is 19.6 Å². The van der Waals surface area contributed by atoms with Crippen molar-refractivity contribution in [1.82, 2.24) is 10.2 Å². The molecule has 2 rings (SSSR count). The van der Waals surface area contributed by atoms with E-state index in [0.717, 1.165) is 38.4 Å². The molecule has 1 fully saturated rings. The van der Waals surface area contributed by atoms with Gasteiger partial charge < -0.3 is 10.2 Å². The standard InChI is InChI=1S/C17H26N2O/c1-14-9-12-19(13-10-14)17(20)8-11-18-15(2)16-6-4-3-5-7-16/h3-7,14-15,18H,8-13H2,1-2H3. The third-order valence-electron chi connectivity index (χ3n) is 4.23. The van der Waals surface area contributed by atoms with E-state index in [1.807, 2.05) is 23.1 Å². The van der Waals surface area contributed by atoms with Gasteiger partial charge in [-0.1, -0.05) is 37.3 Å². The second-order valence-electron chi connectivity index (χ2n) is 5.90. The van der Waals surface area contributed by atoms with Crippen molar-refractivity contribution < 1.29 is 4.79 Å². The summed E-state index contributed by atoms with van der Waals surface area (Å²) in [4.78, 5) is 14.1. The van der Waals surface area contributed by atoms with E-state index in [-0.39, 0.29) is 0 Å². The normalized spacial score (nSPS) is 18.0. The smallest absolute Gasteiger partial charge is 0.223 e. The topological polar surface area (TPSA) is 32.3 Å². The van der Waals surface area contributed by atoms with Crippen molar-refractivity contribution in [1.29, 1.82) is 0 Å². The molecule has 1 unspecified atom stereocenters. The molecule has 1 amide bonds. The number of carbonyl (C=O) groups is 1. The zero-order valence-electron chi connectivity index (χ0n) is 12.6. The van der Waals surface area contributed by atoms with E-state index < -0.39 is 0 Å². The fraction of sp³-hybridized carbons (Fsp3) is 0.588. The summed E-state index contributed by atoms with van der Waals surface area (Å²) in [6.45, 7) is 7.04. The summed E-state index contributed by atoms with van der Waals surface area (Å²) in [5.74, 6) is 1.07. The molecule has 1 aromatic rings. The van der Waals surface area contributed by atoms with Crippen molar-refractivity contribution >= 4 is 5.91 Å². The van der Waals surface area contributed by atoms with E-state index in [2.05, 4.69) is 31.3 Å². The molecule has 1 saturated heterocycles. The van der Waals surface area contributed by atoms with Crippen LogP contribution < -0.4 is 5.32 Å². The lowest BCUT2D eigenvalue weighted by molar-refractivity contribution is -0.132. The van der Waals surface area contributed by atoms with E-state index in [4.69, 9.17) is 0 Å². The van der Waals surface area contributed by atoms with Crippen LogP contribution in [0.1, 0.15) is 44.7 Å². The number of nitrogens with zero attached hydrogens (tertiary/aromatic N) is 1. The summed E-state index contributed by atoms with van der Waals surface area (Å²) in [7, 11) is 0. The Morgan fingerprint density at radius 2 is 1.95 bits per heavy atom. The lowest BCUT2D eigenvalue weighted by Gasteiger charge is -2.30. The predicted octanol–water partition coefficient (Wildman–Crippen LogP) is 2.99. The summed E-state index contributed by atoms with van der Waals surface area (Å²) < 4.78 is 0. The summed E-state index contributed by atoms with van der Waals surface area (Å²) >= 11 is 0. The third-order valence-corrected chi connectivity index (χ3v) is 4.23. The maximum absolute atomic E-state index is 12.1. The first-order chi connectivity index (χ1) is 9.66. The highest BCUT2D eigenvalue weighted by molar-refractivity contribution is 5.76. The first-order valence-corrected chi connectivity index (χ1v) is 7.73. The van der Waals surface area contributed by atoms with E-state index in [0.29, 0.717) is 18.4 Å². The highest BCUT2D eigenvalue weighted by Gasteiger charge is 2.19. The molecule has 0 spiro atoms. The van der Waals surface area contributed by atoms with Gasteiger partial charge in [-0.05, 0) is 31.2 Å². The highest BCUT2D eigenvalue weighted by atomic mass is 16.2. The Balaban J connectivity index is 1.69. The van der Waals surface area contributed by atoms with Crippen LogP contribution in [0, 0.1) is 5.92 Å². The molecular weight excluding hydrogens is 248 g/mol. The van der Waals surface area contributed by atoms with Crippen molar-refractivity contribution in [2.24, 2.45) is 5.92 Å². The van der Waals surface area contributed by atoms with Gasteiger partial charge in [-0.25, -0.2) is 0 Å². The van der Waals surface area contributed by atoms with Gasteiger partial charge in [-0.3, -0.25) is 4.79 Å². The van der Waals surface area contributed by atoms with Crippen molar-refractivity contribution in [2.45, 2.75) is 39.2 Å². The maximum Gasteiger partial charge on any atom is 0.223 e. The number of piperidine rings is 1. The van der Waals surface area contributed by atoms with Crippen molar-refractivity contribution in [3.05, 3.63) is 35.9 Å². The zero-order chi connectivity index (χ0) is 14.4. The van der Waals surface area contributed by atoms with Crippen LogP contribution in [-0.2, 0) is 4.79 Å². The quantitative estimate of drug-likeness (QED) is 0.895. The number of rotatable bonds is 5. The Morgan fingerprint density at radius 3 is 2.60 bits per heavy atom. The number of hydrogen-bond acceptors (Lipinski definition) is 2. The van der Waals surface area contributed by atoms with Crippen LogP contribution in [0.5, 0.6) is 0 Å². The van der Waals surface area contributed by atoms with Crippen LogP contribution >= 0.6 is 0 Å².